The summed E-state index contributed by atoms with van der Waals surface area (Å²) in [4.78, 5) is 11.6. The molecular weight excluding hydrogens is 262 g/mol. The van der Waals surface area contributed by atoms with E-state index >= 15 is 0 Å². The van der Waals surface area contributed by atoms with E-state index in [2.05, 4.69) is 29.6 Å². The first kappa shape index (κ1) is 15.1. The number of nitrogens with one attached hydrogen (secondary N) is 1. The molecule has 3 nitrogen and oxygen atoms in total. The van der Waals surface area contributed by atoms with E-state index in [0.29, 0.717) is 6.61 Å². The highest BCUT2D eigenvalue weighted by Crippen LogP contribution is 2.14. The standard InChI is InChI=1S/C18H21NO2/c1-3-21-18(20)14(2)19-17-11-9-16(10-12-17)13-15-7-5-4-6-8-15/h4-12,14,19H,3,13H2,1-2H3. The fourth-order valence-corrected chi connectivity index (χ4v) is 2.13. The molecule has 0 amide bonds. The highest BCUT2D eigenvalue weighted by Gasteiger charge is 2.12. The van der Waals surface area contributed by atoms with Gasteiger partial charge in [0.05, 0.1) is 6.61 Å². The summed E-state index contributed by atoms with van der Waals surface area (Å²) in [5.74, 6) is -0.231. The van der Waals surface area contributed by atoms with Crippen molar-refractivity contribution in [2.24, 2.45) is 0 Å². The summed E-state index contributed by atoms with van der Waals surface area (Å²) in [5.41, 5.74) is 3.46. The normalized spacial score (nSPS) is 11.7. The molecule has 0 aliphatic rings. The van der Waals surface area contributed by atoms with Crippen LogP contribution in [0.25, 0.3) is 0 Å². The Balaban J connectivity index is 1.94. The van der Waals surface area contributed by atoms with Gasteiger partial charge in [0.2, 0.25) is 0 Å². The van der Waals surface area contributed by atoms with E-state index in [9.17, 15) is 4.79 Å². The molecule has 0 bridgehead atoms. The molecule has 0 aliphatic heterocycles. The lowest BCUT2D eigenvalue weighted by atomic mass is 10.0. The fraction of sp³-hybridized carbons (Fsp3) is 0.278. The first-order chi connectivity index (χ1) is 10.2. The van der Waals surface area contributed by atoms with Gasteiger partial charge in [-0.05, 0) is 43.5 Å². The van der Waals surface area contributed by atoms with Crippen LogP contribution in [0.1, 0.15) is 25.0 Å². The molecule has 0 spiro atoms. The number of ether oxygens (including phenoxy) is 1. The number of esters is 1. The molecule has 2 rings (SSSR count). The summed E-state index contributed by atoms with van der Waals surface area (Å²) in [7, 11) is 0. The maximum absolute atomic E-state index is 11.6. The molecule has 0 saturated carbocycles. The molecule has 2 aromatic rings. The van der Waals surface area contributed by atoms with E-state index in [1.807, 2.05) is 37.3 Å². The molecule has 0 saturated heterocycles. The third kappa shape index (κ3) is 4.63. The third-order valence-electron chi connectivity index (χ3n) is 3.23. The van der Waals surface area contributed by atoms with Gasteiger partial charge in [0.15, 0.2) is 0 Å². The molecule has 0 heterocycles. The summed E-state index contributed by atoms with van der Waals surface area (Å²) >= 11 is 0. The van der Waals surface area contributed by atoms with Crippen LogP contribution in [0.2, 0.25) is 0 Å². The molecule has 0 aliphatic carbocycles. The summed E-state index contributed by atoms with van der Waals surface area (Å²) in [5, 5.41) is 3.14. The van der Waals surface area contributed by atoms with Crippen molar-refractivity contribution < 1.29 is 9.53 Å². The second kappa shape index (κ2) is 7.48. The molecule has 0 radical (unpaired) electrons. The minimum atomic E-state index is -0.343. The molecule has 1 N–H and O–H groups in total. The number of carbonyl (C=O) groups excluding carboxylic acids is 1. The van der Waals surface area contributed by atoms with Crippen molar-refractivity contribution in [3.05, 3.63) is 65.7 Å². The number of benzene rings is 2. The zero-order chi connectivity index (χ0) is 15.1. The molecule has 2 aromatic carbocycles. The minimum absolute atomic E-state index is 0.231. The van der Waals surface area contributed by atoms with Gasteiger partial charge in [-0.15, -0.1) is 0 Å². The van der Waals surface area contributed by atoms with Gasteiger partial charge in [0, 0.05) is 5.69 Å². The van der Waals surface area contributed by atoms with Crippen LogP contribution in [0.4, 0.5) is 5.69 Å². The van der Waals surface area contributed by atoms with Crippen LogP contribution in [-0.4, -0.2) is 18.6 Å². The lowest BCUT2D eigenvalue weighted by Gasteiger charge is -2.14. The van der Waals surface area contributed by atoms with Crippen molar-refractivity contribution in [3.63, 3.8) is 0 Å². The largest absolute Gasteiger partial charge is 0.464 e. The average Bonchev–Trinajstić information content (AvgIpc) is 2.50. The Hall–Kier alpha value is -2.29. The quantitative estimate of drug-likeness (QED) is 0.823. The predicted molar refractivity (Wildman–Crippen MR) is 85.4 cm³/mol. The Bertz CT molecular complexity index is 564. The van der Waals surface area contributed by atoms with Crippen LogP contribution in [-0.2, 0) is 16.0 Å². The summed E-state index contributed by atoms with van der Waals surface area (Å²) in [6.07, 6.45) is 0.911. The Morgan fingerprint density at radius 3 is 2.29 bits per heavy atom. The predicted octanol–water partition coefficient (Wildman–Crippen LogP) is 3.64. The van der Waals surface area contributed by atoms with Crippen molar-refractivity contribution in [1.29, 1.82) is 0 Å². The van der Waals surface area contributed by atoms with E-state index in [0.717, 1.165) is 12.1 Å². The smallest absolute Gasteiger partial charge is 0.328 e. The zero-order valence-electron chi connectivity index (χ0n) is 12.5. The highest BCUT2D eigenvalue weighted by atomic mass is 16.5. The lowest BCUT2D eigenvalue weighted by molar-refractivity contribution is -0.143. The third-order valence-corrected chi connectivity index (χ3v) is 3.23. The van der Waals surface area contributed by atoms with Gasteiger partial charge >= 0.3 is 5.97 Å². The maximum atomic E-state index is 11.6. The Morgan fingerprint density at radius 2 is 1.67 bits per heavy atom. The Labute approximate surface area is 126 Å². The van der Waals surface area contributed by atoms with Crippen LogP contribution >= 0.6 is 0 Å². The molecule has 110 valence electrons. The lowest BCUT2D eigenvalue weighted by Crippen LogP contribution is -2.28. The number of rotatable bonds is 6. The van der Waals surface area contributed by atoms with Gasteiger partial charge in [0.1, 0.15) is 6.04 Å². The molecule has 0 fully saturated rings. The van der Waals surface area contributed by atoms with Crippen molar-refractivity contribution >= 4 is 11.7 Å². The monoisotopic (exact) mass is 283 g/mol. The van der Waals surface area contributed by atoms with Gasteiger partial charge in [-0.1, -0.05) is 42.5 Å². The van der Waals surface area contributed by atoms with Crippen molar-refractivity contribution in [3.8, 4) is 0 Å². The molecule has 3 heteroatoms. The second-order valence-electron chi connectivity index (χ2n) is 4.98. The molecule has 21 heavy (non-hydrogen) atoms. The SMILES string of the molecule is CCOC(=O)C(C)Nc1ccc(Cc2ccccc2)cc1. The van der Waals surface area contributed by atoms with E-state index < -0.39 is 0 Å². The topological polar surface area (TPSA) is 38.3 Å². The van der Waals surface area contributed by atoms with E-state index in [-0.39, 0.29) is 12.0 Å². The number of carbonyl (C=O) groups is 1. The number of hydrogen-bond donors (Lipinski definition) is 1. The van der Waals surface area contributed by atoms with Crippen molar-refractivity contribution in [1.82, 2.24) is 0 Å². The van der Waals surface area contributed by atoms with E-state index in [1.54, 1.807) is 6.92 Å². The second-order valence-corrected chi connectivity index (χ2v) is 4.98. The summed E-state index contributed by atoms with van der Waals surface area (Å²) < 4.78 is 4.98. The fourth-order valence-electron chi connectivity index (χ4n) is 2.13. The zero-order valence-corrected chi connectivity index (χ0v) is 12.5. The average molecular weight is 283 g/mol. The van der Waals surface area contributed by atoms with Crippen LogP contribution < -0.4 is 5.32 Å². The van der Waals surface area contributed by atoms with E-state index in [4.69, 9.17) is 4.74 Å². The number of hydrogen-bond acceptors (Lipinski definition) is 3. The Morgan fingerprint density at radius 1 is 1.05 bits per heavy atom. The maximum Gasteiger partial charge on any atom is 0.328 e. The van der Waals surface area contributed by atoms with Crippen LogP contribution in [0, 0.1) is 0 Å². The minimum Gasteiger partial charge on any atom is -0.464 e. The molecular formula is C18H21NO2. The van der Waals surface area contributed by atoms with Gasteiger partial charge in [-0.2, -0.15) is 0 Å². The van der Waals surface area contributed by atoms with Crippen LogP contribution in [0.15, 0.2) is 54.6 Å². The first-order valence-electron chi connectivity index (χ1n) is 7.25. The van der Waals surface area contributed by atoms with Gasteiger partial charge in [-0.25, -0.2) is 4.79 Å². The number of anilines is 1. The van der Waals surface area contributed by atoms with Gasteiger partial charge < -0.3 is 10.1 Å². The van der Waals surface area contributed by atoms with Gasteiger partial charge in [0.25, 0.3) is 0 Å². The molecule has 1 unspecified atom stereocenters. The van der Waals surface area contributed by atoms with Crippen LogP contribution in [0.5, 0.6) is 0 Å². The summed E-state index contributed by atoms with van der Waals surface area (Å²) in [6, 6.07) is 18.2. The van der Waals surface area contributed by atoms with Crippen molar-refractivity contribution in [2.75, 3.05) is 11.9 Å². The Kier molecular flexibility index (Phi) is 5.38. The van der Waals surface area contributed by atoms with E-state index in [1.165, 1.54) is 11.1 Å². The van der Waals surface area contributed by atoms with Crippen molar-refractivity contribution in [2.45, 2.75) is 26.3 Å². The first-order valence-corrected chi connectivity index (χ1v) is 7.25. The highest BCUT2D eigenvalue weighted by molar-refractivity contribution is 5.78. The summed E-state index contributed by atoms with van der Waals surface area (Å²) in [6.45, 7) is 4.01. The van der Waals surface area contributed by atoms with Crippen LogP contribution in [0.3, 0.4) is 0 Å². The van der Waals surface area contributed by atoms with Gasteiger partial charge in [-0.3, -0.25) is 0 Å². The molecule has 1 atom stereocenters. The molecule has 0 aromatic heterocycles.